The van der Waals surface area contributed by atoms with E-state index in [2.05, 4.69) is 0 Å². The number of carboxylic acid groups (broad SMARTS) is 1. The molecule has 12 heavy (non-hydrogen) atoms. The number of esters is 1. The van der Waals surface area contributed by atoms with E-state index in [9.17, 15) is 9.59 Å². The van der Waals surface area contributed by atoms with Crippen molar-refractivity contribution in [3.8, 4) is 0 Å². The van der Waals surface area contributed by atoms with Crippen LogP contribution in [-0.2, 0) is 14.3 Å². The normalized spacial score (nSPS) is 10.9. The quantitative estimate of drug-likeness (QED) is 0.647. The van der Waals surface area contributed by atoms with Gasteiger partial charge in [0, 0.05) is 0 Å². The van der Waals surface area contributed by atoms with Crippen molar-refractivity contribution in [1.82, 2.24) is 0 Å². The van der Waals surface area contributed by atoms with Gasteiger partial charge in [-0.15, -0.1) is 0 Å². The molecule has 4 heteroatoms. The molecule has 0 bridgehead atoms. The summed E-state index contributed by atoms with van der Waals surface area (Å²) in [6.07, 6.45) is -0.203. The van der Waals surface area contributed by atoms with Crippen molar-refractivity contribution in [3.63, 3.8) is 0 Å². The molecule has 0 aromatic rings. The Morgan fingerprint density at radius 3 is 2.25 bits per heavy atom. The van der Waals surface area contributed by atoms with Crippen LogP contribution in [-0.4, -0.2) is 23.7 Å². The smallest absolute Gasteiger partial charge is 0.312 e. The lowest BCUT2D eigenvalue weighted by Gasteiger charge is -2.19. The van der Waals surface area contributed by atoms with E-state index in [1.165, 1.54) is 0 Å². The summed E-state index contributed by atoms with van der Waals surface area (Å²) in [6.45, 7) is 5.08. The van der Waals surface area contributed by atoms with E-state index in [1.807, 2.05) is 0 Å². The van der Waals surface area contributed by atoms with Crippen molar-refractivity contribution in [2.75, 3.05) is 6.61 Å². The van der Waals surface area contributed by atoms with E-state index in [1.54, 1.807) is 20.8 Å². The van der Waals surface area contributed by atoms with Crippen LogP contribution in [0.5, 0.6) is 0 Å². The number of hydrogen-bond acceptors (Lipinski definition) is 3. The van der Waals surface area contributed by atoms with Gasteiger partial charge in [0.25, 0.3) is 0 Å². The highest BCUT2D eigenvalue weighted by Crippen LogP contribution is 2.21. The highest BCUT2D eigenvalue weighted by atomic mass is 16.5. The van der Waals surface area contributed by atoms with E-state index in [0.717, 1.165) is 0 Å². The first-order valence-corrected chi connectivity index (χ1v) is 3.79. The van der Waals surface area contributed by atoms with Gasteiger partial charge in [0.05, 0.1) is 18.4 Å². The predicted octanol–water partition coefficient (Wildman–Crippen LogP) is 1.05. The van der Waals surface area contributed by atoms with E-state index < -0.39 is 17.4 Å². The van der Waals surface area contributed by atoms with Gasteiger partial charge in [-0.1, -0.05) is 0 Å². The van der Waals surface area contributed by atoms with E-state index in [4.69, 9.17) is 9.84 Å². The number of ether oxygens (including phenoxy) is 1. The third-order valence-electron chi connectivity index (χ3n) is 1.42. The van der Waals surface area contributed by atoms with Crippen LogP contribution < -0.4 is 0 Å². The highest BCUT2D eigenvalue weighted by Gasteiger charge is 2.31. The Kier molecular flexibility index (Phi) is 3.73. The van der Waals surface area contributed by atoms with Gasteiger partial charge in [0.15, 0.2) is 0 Å². The number of hydrogen-bond donors (Lipinski definition) is 1. The largest absolute Gasteiger partial charge is 0.481 e. The van der Waals surface area contributed by atoms with Gasteiger partial charge < -0.3 is 9.84 Å². The number of carbonyl (C=O) groups is 2. The number of carboxylic acids is 1. The van der Waals surface area contributed by atoms with Gasteiger partial charge in [-0.3, -0.25) is 9.59 Å². The van der Waals surface area contributed by atoms with Crippen LogP contribution in [0.4, 0.5) is 0 Å². The molecule has 0 unspecified atom stereocenters. The molecule has 0 amide bonds. The molecule has 1 N–H and O–H groups in total. The zero-order valence-electron chi connectivity index (χ0n) is 7.59. The SMILES string of the molecule is CCOC(=O)C(C)(C)CC(=O)O. The molecule has 0 aromatic heterocycles. The molecule has 0 aromatic carbocycles. The zero-order chi connectivity index (χ0) is 9.78. The van der Waals surface area contributed by atoms with E-state index >= 15 is 0 Å². The molecule has 0 atom stereocenters. The lowest BCUT2D eigenvalue weighted by atomic mass is 9.90. The van der Waals surface area contributed by atoms with Crippen LogP contribution in [0, 0.1) is 5.41 Å². The first kappa shape index (κ1) is 10.9. The maximum Gasteiger partial charge on any atom is 0.312 e. The average molecular weight is 174 g/mol. The standard InChI is InChI=1S/C8H14O4/c1-4-12-7(11)8(2,3)5-6(9)10/h4-5H2,1-3H3,(H,9,10). The molecule has 0 aliphatic carbocycles. The molecule has 0 rings (SSSR count). The Morgan fingerprint density at radius 2 is 1.92 bits per heavy atom. The van der Waals surface area contributed by atoms with Crippen molar-refractivity contribution in [2.24, 2.45) is 5.41 Å². The molecule has 0 radical (unpaired) electrons. The second kappa shape index (κ2) is 4.09. The molecule has 0 spiro atoms. The fourth-order valence-corrected chi connectivity index (χ4v) is 0.777. The summed E-state index contributed by atoms with van der Waals surface area (Å²) in [7, 11) is 0. The van der Waals surface area contributed by atoms with Gasteiger partial charge in [-0.05, 0) is 20.8 Å². The minimum atomic E-state index is -0.993. The maximum absolute atomic E-state index is 11.1. The fraction of sp³-hybridized carbons (Fsp3) is 0.750. The van der Waals surface area contributed by atoms with Crippen molar-refractivity contribution in [3.05, 3.63) is 0 Å². The topological polar surface area (TPSA) is 63.6 Å². The fourth-order valence-electron chi connectivity index (χ4n) is 0.777. The summed E-state index contributed by atoms with van der Waals surface area (Å²) in [6, 6.07) is 0. The Labute approximate surface area is 71.5 Å². The summed E-state index contributed by atoms with van der Waals surface area (Å²) in [5.74, 6) is -1.46. The van der Waals surface area contributed by atoms with Gasteiger partial charge >= 0.3 is 11.9 Å². The molecule has 0 aliphatic rings. The lowest BCUT2D eigenvalue weighted by Crippen LogP contribution is -2.29. The third-order valence-corrected chi connectivity index (χ3v) is 1.42. The summed E-state index contributed by atoms with van der Waals surface area (Å²) < 4.78 is 4.71. The maximum atomic E-state index is 11.1. The second-order valence-corrected chi connectivity index (χ2v) is 3.17. The van der Waals surface area contributed by atoms with Gasteiger partial charge in [0.2, 0.25) is 0 Å². The molecule has 0 aliphatic heterocycles. The Bertz CT molecular complexity index is 183. The van der Waals surface area contributed by atoms with E-state index in [0.29, 0.717) is 0 Å². The highest BCUT2D eigenvalue weighted by molar-refractivity contribution is 5.81. The first-order chi connectivity index (χ1) is 5.40. The minimum Gasteiger partial charge on any atom is -0.481 e. The summed E-state index contributed by atoms with van der Waals surface area (Å²) in [4.78, 5) is 21.4. The molecule has 0 saturated heterocycles. The summed E-state index contributed by atoms with van der Waals surface area (Å²) in [5, 5.41) is 8.46. The Balaban J connectivity index is 4.18. The first-order valence-electron chi connectivity index (χ1n) is 3.79. The number of rotatable bonds is 4. The Hall–Kier alpha value is -1.06. The van der Waals surface area contributed by atoms with Gasteiger partial charge in [0.1, 0.15) is 0 Å². The minimum absolute atomic E-state index is 0.203. The van der Waals surface area contributed by atoms with E-state index in [-0.39, 0.29) is 13.0 Å². The monoisotopic (exact) mass is 174 g/mol. The van der Waals surface area contributed by atoms with Gasteiger partial charge in [-0.25, -0.2) is 0 Å². The number of carbonyl (C=O) groups excluding carboxylic acids is 1. The van der Waals surface area contributed by atoms with Gasteiger partial charge in [-0.2, -0.15) is 0 Å². The molecule has 0 fully saturated rings. The van der Waals surface area contributed by atoms with Crippen molar-refractivity contribution >= 4 is 11.9 Å². The summed E-state index contributed by atoms with van der Waals surface area (Å²) in [5.41, 5.74) is -0.929. The zero-order valence-corrected chi connectivity index (χ0v) is 7.59. The van der Waals surface area contributed by atoms with Crippen molar-refractivity contribution in [1.29, 1.82) is 0 Å². The molecule has 0 saturated carbocycles. The molecule has 4 nitrogen and oxygen atoms in total. The molecular weight excluding hydrogens is 160 g/mol. The van der Waals surface area contributed by atoms with Crippen LogP contribution in [0.3, 0.4) is 0 Å². The van der Waals surface area contributed by atoms with Crippen LogP contribution in [0.2, 0.25) is 0 Å². The number of aliphatic carboxylic acids is 1. The molecule has 70 valence electrons. The van der Waals surface area contributed by atoms with Crippen molar-refractivity contribution < 1.29 is 19.4 Å². The Morgan fingerprint density at radius 1 is 1.42 bits per heavy atom. The summed E-state index contributed by atoms with van der Waals surface area (Å²) >= 11 is 0. The second-order valence-electron chi connectivity index (χ2n) is 3.17. The third kappa shape index (κ3) is 3.37. The van der Waals surface area contributed by atoms with Crippen molar-refractivity contribution in [2.45, 2.75) is 27.2 Å². The molecule has 0 heterocycles. The van der Waals surface area contributed by atoms with Crippen LogP contribution in [0.15, 0.2) is 0 Å². The van der Waals surface area contributed by atoms with Crippen LogP contribution in [0.1, 0.15) is 27.2 Å². The average Bonchev–Trinajstić information content (AvgIpc) is 1.85. The van der Waals surface area contributed by atoms with Crippen LogP contribution >= 0.6 is 0 Å². The van der Waals surface area contributed by atoms with Crippen LogP contribution in [0.25, 0.3) is 0 Å². The predicted molar refractivity (Wildman–Crippen MR) is 42.7 cm³/mol. The lowest BCUT2D eigenvalue weighted by molar-refractivity contribution is -0.158. The molecular formula is C8H14O4.